The number of aryl methyl sites for hydroxylation is 1. The van der Waals surface area contributed by atoms with Crippen LogP contribution in [0.1, 0.15) is 23.2 Å². The number of hydrogen-bond acceptors (Lipinski definition) is 6. The Morgan fingerprint density at radius 2 is 1.81 bits per heavy atom. The number of aromatic nitrogens is 3. The van der Waals surface area contributed by atoms with Crippen molar-refractivity contribution >= 4 is 32.5 Å². The van der Waals surface area contributed by atoms with Crippen LogP contribution in [0.3, 0.4) is 0 Å². The summed E-state index contributed by atoms with van der Waals surface area (Å²) in [4.78, 5) is 16.8. The first-order chi connectivity index (χ1) is 17.7. The van der Waals surface area contributed by atoms with Gasteiger partial charge in [0, 0.05) is 55.1 Å². The van der Waals surface area contributed by atoms with E-state index in [1.54, 1.807) is 23.1 Å². The molecule has 1 amide bonds. The van der Waals surface area contributed by atoms with Crippen molar-refractivity contribution in [3.63, 3.8) is 0 Å². The molecule has 4 aromatic rings. The van der Waals surface area contributed by atoms with Crippen LogP contribution in [-0.4, -0.2) is 59.6 Å². The molecule has 11 heteroatoms. The number of hydrogen-bond donors (Lipinski definition) is 2. The van der Waals surface area contributed by atoms with Crippen LogP contribution in [0.15, 0.2) is 66.0 Å². The average Bonchev–Trinajstić information content (AvgIpc) is 3.34. The van der Waals surface area contributed by atoms with E-state index in [1.165, 1.54) is 10.4 Å². The molecule has 0 unspecified atom stereocenters. The minimum absolute atomic E-state index is 0.0242. The van der Waals surface area contributed by atoms with Crippen LogP contribution < -0.4 is 10.6 Å². The van der Waals surface area contributed by atoms with Gasteiger partial charge in [-0.15, -0.1) is 0 Å². The molecule has 2 N–H and O–H groups in total. The highest BCUT2D eigenvalue weighted by Crippen LogP contribution is 2.27. The van der Waals surface area contributed by atoms with Gasteiger partial charge in [0.05, 0.1) is 6.20 Å². The van der Waals surface area contributed by atoms with E-state index in [0.717, 1.165) is 34.0 Å². The number of carbonyl (C=O) groups excluding carboxylic acids is 1. The van der Waals surface area contributed by atoms with Gasteiger partial charge >= 0.3 is 0 Å². The summed E-state index contributed by atoms with van der Waals surface area (Å²) in [7, 11) is -0.402. The predicted octanol–water partition coefficient (Wildman–Crippen LogP) is 3.40. The highest BCUT2D eigenvalue weighted by Gasteiger charge is 2.31. The number of fused-ring (bicyclic) bond motifs is 1. The van der Waals surface area contributed by atoms with Crippen LogP contribution in [0, 0.1) is 5.82 Å². The number of piperidine rings is 1. The highest BCUT2D eigenvalue weighted by molar-refractivity contribution is 7.89. The fraction of sp³-hybridized carbons (Fsp3) is 0.269. The fourth-order valence-corrected chi connectivity index (χ4v) is 6.07. The van der Waals surface area contributed by atoms with Gasteiger partial charge in [-0.2, -0.15) is 9.40 Å². The molecule has 1 saturated heterocycles. The van der Waals surface area contributed by atoms with Crippen LogP contribution in [0.4, 0.5) is 10.2 Å². The van der Waals surface area contributed by atoms with Crippen molar-refractivity contribution in [2.24, 2.45) is 7.05 Å². The summed E-state index contributed by atoms with van der Waals surface area (Å²) >= 11 is 0. The van der Waals surface area contributed by atoms with Crippen molar-refractivity contribution in [1.82, 2.24) is 24.4 Å². The summed E-state index contributed by atoms with van der Waals surface area (Å²) < 4.78 is 43.9. The maximum absolute atomic E-state index is 14.6. The number of halogens is 1. The van der Waals surface area contributed by atoms with Crippen LogP contribution in [0.5, 0.6) is 0 Å². The van der Waals surface area contributed by atoms with Gasteiger partial charge in [-0.25, -0.2) is 17.8 Å². The lowest BCUT2D eigenvalue weighted by Gasteiger charge is -2.31. The smallest absolute Gasteiger partial charge is 0.256 e. The SMILES string of the molecule is CNC1CCN(S(=O)(=O)c2cc(C(=O)Nc3cc4cc(-c5cnn(C)c5)ccc4cn3)ccc2F)CC1. The van der Waals surface area contributed by atoms with E-state index in [0.29, 0.717) is 18.7 Å². The van der Waals surface area contributed by atoms with Gasteiger partial charge in [0.15, 0.2) is 0 Å². The van der Waals surface area contributed by atoms with Gasteiger partial charge < -0.3 is 10.6 Å². The van der Waals surface area contributed by atoms with Crippen molar-refractivity contribution in [3.05, 3.63) is 72.4 Å². The Bertz CT molecular complexity index is 1580. The average molecular weight is 523 g/mol. The molecule has 9 nitrogen and oxygen atoms in total. The third kappa shape index (κ3) is 5.10. The summed E-state index contributed by atoms with van der Waals surface area (Å²) in [5, 5.41) is 11.8. The minimum Gasteiger partial charge on any atom is -0.317 e. The van der Waals surface area contributed by atoms with Gasteiger partial charge in [0.1, 0.15) is 16.5 Å². The fourth-order valence-electron chi connectivity index (χ4n) is 4.51. The van der Waals surface area contributed by atoms with Crippen molar-refractivity contribution in [2.75, 3.05) is 25.5 Å². The molecule has 0 aliphatic carbocycles. The standard InChI is InChI=1S/C26H27FN6O3S/c1-28-22-7-9-33(10-8-22)37(35,36)24-12-18(5-6-23(24)27)26(34)31-25-13-20-11-17(3-4-19(20)14-29-25)21-15-30-32(2)16-21/h3-6,11-16,22,28H,7-10H2,1-2H3,(H,29,31,34). The van der Waals surface area contributed by atoms with Crippen molar-refractivity contribution in [3.8, 4) is 11.1 Å². The van der Waals surface area contributed by atoms with Crippen molar-refractivity contribution in [1.29, 1.82) is 0 Å². The molecule has 1 fully saturated rings. The Labute approximate surface area is 214 Å². The Hall–Kier alpha value is -3.67. The molecule has 0 radical (unpaired) electrons. The monoisotopic (exact) mass is 522 g/mol. The number of carbonyl (C=O) groups is 1. The molecule has 0 atom stereocenters. The topological polar surface area (TPSA) is 109 Å². The first-order valence-corrected chi connectivity index (χ1v) is 13.4. The quantitative estimate of drug-likeness (QED) is 0.402. The van der Waals surface area contributed by atoms with Crippen LogP contribution in [-0.2, 0) is 17.1 Å². The molecule has 0 saturated carbocycles. The third-order valence-electron chi connectivity index (χ3n) is 6.67. The predicted molar refractivity (Wildman–Crippen MR) is 139 cm³/mol. The molecule has 0 spiro atoms. The molecular weight excluding hydrogens is 495 g/mol. The van der Waals surface area contributed by atoms with E-state index in [9.17, 15) is 17.6 Å². The van der Waals surface area contributed by atoms with Crippen LogP contribution in [0.25, 0.3) is 21.9 Å². The molecule has 5 rings (SSSR count). The summed E-state index contributed by atoms with van der Waals surface area (Å²) in [6, 6.07) is 11.2. The molecule has 1 aliphatic rings. The lowest BCUT2D eigenvalue weighted by molar-refractivity contribution is 0.102. The van der Waals surface area contributed by atoms with E-state index >= 15 is 0 Å². The van der Waals surface area contributed by atoms with Gasteiger partial charge in [0.2, 0.25) is 10.0 Å². The van der Waals surface area contributed by atoms with Gasteiger partial charge in [-0.3, -0.25) is 9.48 Å². The zero-order valence-electron chi connectivity index (χ0n) is 20.5. The second-order valence-electron chi connectivity index (χ2n) is 9.10. The second-order valence-corrected chi connectivity index (χ2v) is 11.0. The molecule has 3 heterocycles. The molecule has 2 aromatic carbocycles. The number of nitrogens with zero attached hydrogens (tertiary/aromatic N) is 4. The third-order valence-corrected chi connectivity index (χ3v) is 8.59. The molecule has 1 aliphatic heterocycles. The van der Waals surface area contributed by atoms with E-state index in [1.807, 2.05) is 38.5 Å². The first-order valence-electron chi connectivity index (χ1n) is 11.9. The van der Waals surface area contributed by atoms with Gasteiger partial charge in [-0.1, -0.05) is 12.1 Å². The van der Waals surface area contributed by atoms with Gasteiger partial charge in [0.25, 0.3) is 5.91 Å². The Morgan fingerprint density at radius 1 is 1.03 bits per heavy atom. The lowest BCUT2D eigenvalue weighted by atomic mass is 10.1. The maximum Gasteiger partial charge on any atom is 0.256 e. The lowest BCUT2D eigenvalue weighted by Crippen LogP contribution is -2.44. The largest absolute Gasteiger partial charge is 0.317 e. The van der Waals surface area contributed by atoms with E-state index < -0.39 is 26.6 Å². The zero-order valence-corrected chi connectivity index (χ0v) is 21.3. The number of amides is 1. The number of pyridine rings is 1. The first kappa shape index (κ1) is 25.0. The number of rotatable bonds is 6. The summed E-state index contributed by atoms with van der Waals surface area (Å²) in [6.07, 6.45) is 6.59. The highest BCUT2D eigenvalue weighted by atomic mass is 32.2. The molecule has 192 valence electrons. The summed E-state index contributed by atoms with van der Waals surface area (Å²) in [5.41, 5.74) is 1.95. The van der Waals surface area contributed by atoms with E-state index in [-0.39, 0.29) is 24.7 Å². The molecule has 0 bridgehead atoms. The second kappa shape index (κ2) is 10.0. The van der Waals surface area contributed by atoms with Crippen LogP contribution in [0.2, 0.25) is 0 Å². The molecule has 2 aromatic heterocycles. The number of sulfonamides is 1. The zero-order chi connectivity index (χ0) is 26.2. The Morgan fingerprint density at radius 3 is 2.51 bits per heavy atom. The Kier molecular flexibility index (Phi) is 6.76. The molecular formula is C26H27FN6O3S. The van der Waals surface area contributed by atoms with E-state index in [4.69, 9.17) is 0 Å². The van der Waals surface area contributed by atoms with Crippen molar-refractivity contribution in [2.45, 2.75) is 23.8 Å². The number of nitrogens with one attached hydrogen (secondary N) is 2. The van der Waals surface area contributed by atoms with Gasteiger partial charge in [-0.05, 0) is 61.2 Å². The summed E-state index contributed by atoms with van der Waals surface area (Å²) in [6.45, 7) is 0.567. The normalized spacial score (nSPS) is 15.2. The minimum atomic E-state index is -4.08. The Balaban J connectivity index is 1.38. The maximum atomic E-state index is 14.6. The summed E-state index contributed by atoms with van der Waals surface area (Å²) in [5.74, 6) is -1.18. The number of benzene rings is 2. The van der Waals surface area contributed by atoms with E-state index in [2.05, 4.69) is 20.7 Å². The number of anilines is 1. The van der Waals surface area contributed by atoms with Crippen LogP contribution >= 0.6 is 0 Å². The van der Waals surface area contributed by atoms with Crippen molar-refractivity contribution < 1.29 is 17.6 Å². The molecule has 37 heavy (non-hydrogen) atoms.